The minimum absolute atomic E-state index is 0.0707. The predicted octanol–water partition coefficient (Wildman–Crippen LogP) is 2.23. The van der Waals surface area contributed by atoms with Gasteiger partial charge in [-0.05, 0) is 29.6 Å². The minimum atomic E-state index is 0.0707. The smallest absolute Gasteiger partial charge is 0.259 e. The van der Waals surface area contributed by atoms with E-state index in [0.29, 0.717) is 6.54 Å². The summed E-state index contributed by atoms with van der Waals surface area (Å²) in [5.74, 6) is 0. The molecule has 0 bridgehead atoms. The predicted molar refractivity (Wildman–Crippen MR) is 73.8 cm³/mol. The highest BCUT2D eigenvalue weighted by atomic mass is 32.1. The average molecular weight is 248 g/mol. The second-order valence-corrected chi connectivity index (χ2v) is 4.93. The van der Waals surface area contributed by atoms with E-state index in [9.17, 15) is 4.79 Å². The third kappa shape index (κ3) is 2.65. The molecule has 0 amide bonds. The molecule has 2 aromatic rings. The maximum Gasteiger partial charge on any atom is 0.259 e. The van der Waals surface area contributed by atoms with Crippen molar-refractivity contribution < 1.29 is 0 Å². The van der Waals surface area contributed by atoms with Crippen molar-refractivity contribution >= 4 is 21.4 Å². The summed E-state index contributed by atoms with van der Waals surface area (Å²) in [6, 6.07) is 3.87. The molecule has 0 aliphatic carbocycles. The van der Waals surface area contributed by atoms with E-state index in [-0.39, 0.29) is 5.56 Å². The number of hydrogen-bond donors (Lipinski definition) is 1. The molecule has 0 aliphatic heterocycles. The van der Waals surface area contributed by atoms with Crippen molar-refractivity contribution in [3.05, 3.63) is 46.2 Å². The number of thiophene rings is 1. The van der Waals surface area contributed by atoms with Gasteiger partial charge >= 0.3 is 0 Å². The highest BCUT2D eigenvalue weighted by Crippen LogP contribution is 2.16. The van der Waals surface area contributed by atoms with Gasteiger partial charge in [0.2, 0.25) is 0 Å². The zero-order valence-electron chi connectivity index (χ0n) is 9.90. The first-order chi connectivity index (χ1) is 8.22. The van der Waals surface area contributed by atoms with Crippen molar-refractivity contribution in [2.45, 2.75) is 13.5 Å². The van der Waals surface area contributed by atoms with Gasteiger partial charge in [-0.1, -0.05) is 13.5 Å². The third-order valence-electron chi connectivity index (χ3n) is 2.61. The van der Waals surface area contributed by atoms with E-state index in [2.05, 4.69) is 18.8 Å². The first-order valence-corrected chi connectivity index (χ1v) is 6.54. The Morgan fingerprint density at radius 2 is 2.35 bits per heavy atom. The second-order valence-electron chi connectivity index (χ2n) is 3.98. The number of pyridine rings is 1. The van der Waals surface area contributed by atoms with Gasteiger partial charge in [0, 0.05) is 24.0 Å². The maximum absolute atomic E-state index is 12.1. The van der Waals surface area contributed by atoms with E-state index in [1.54, 1.807) is 15.9 Å². The number of fused-ring (bicyclic) bond motifs is 1. The molecular formula is C13H16N2OS. The van der Waals surface area contributed by atoms with Crippen LogP contribution in [-0.4, -0.2) is 17.7 Å². The number of likely N-dealkylation sites (N-methyl/N-ethyl adjacent to an activating group) is 1. The number of nitrogens with zero attached hydrogens (tertiary/aromatic N) is 1. The van der Waals surface area contributed by atoms with Crippen molar-refractivity contribution in [1.29, 1.82) is 0 Å². The van der Waals surface area contributed by atoms with Gasteiger partial charge in [0.1, 0.15) is 0 Å². The second kappa shape index (κ2) is 5.29. The van der Waals surface area contributed by atoms with Crippen LogP contribution < -0.4 is 10.9 Å². The molecule has 4 heteroatoms. The van der Waals surface area contributed by atoms with Gasteiger partial charge in [-0.3, -0.25) is 4.79 Å². The van der Waals surface area contributed by atoms with Crippen molar-refractivity contribution in [3.63, 3.8) is 0 Å². The SMILES string of the molecule is C=C(CNCC)Cn1ccc2sccc2c1=O. The van der Waals surface area contributed by atoms with Gasteiger partial charge in [0.15, 0.2) is 0 Å². The van der Waals surface area contributed by atoms with Crippen molar-refractivity contribution in [1.82, 2.24) is 9.88 Å². The minimum Gasteiger partial charge on any atom is -0.313 e. The topological polar surface area (TPSA) is 34.0 Å². The highest BCUT2D eigenvalue weighted by Gasteiger charge is 2.04. The van der Waals surface area contributed by atoms with Gasteiger partial charge in [-0.25, -0.2) is 0 Å². The molecular weight excluding hydrogens is 232 g/mol. The summed E-state index contributed by atoms with van der Waals surface area (Å²) < 4.78 is 2.76. The molecule has 17 heavy (non-hydrogen) atoms. The number of nitrogens with one attached hydrogen (secondary N) is 1. The Kier molecular flexibility index (Phi) is 3.76. The fraction of sp³-hybridized carbons (Fsp3) is 0.308. The van der Waals surface area contributed by atoms with Crippen LogP contribution in [0.15, 0.2) is 40.7 Å². The standard InChI is InChI=1S/C13H16N2OS/c1-3-14-8-10(2)9-15-6-4-12-11(13(15)16)5-7-17-12/h4-7,14H,2-3,8-9H2,1H3. The first kappa shape index (κ1) is 12.1. The number of hydrogen-bond acceptors (Lipinski definition) is 3. The van der Waals surface area contributed by atoms with Crippen molar-refractivity contribution in [2.24, 2.45) is 0 Å². The summed E-state index contributed by atoms with van der Waals surface area (Å²) in [6.07, 6.45) is 1.85. The Labute approximate surface area is 104 Å². The molecule has 0 radical (unpaired) electrons. The summed E-state index contributed by atoms with van der Waals surface area (Å²) in [5.41, 5.74) is 1.09. The molecule has 0 spiro atoms. The lowest BCUT2D eigenvalue weighted by atomic mass is 10.2. The quantitative estimate of drug-likeness (QED) is 0.823. The maximum atomic E-state index is 12.1. The van der Waals surface area contributed by atoms with Gasteiger partial charge in [0.05, 0.1) is 5.39 Å². The van der Waals surface area contributed by atoms with E-state index in [1.165, 1.54) is 0 Å². The van der Waals surface area contributed by atoms with Gasteiger partial charge in [0.25, 0.3) is 5.56 Å². The van der Waals surface area contributed by atoms with E-state index in [4.69, 9.17) is 0 Å². The molecule has 0 aromatic carbocycles. The molecule has 0 saturated heterocycles. The lowest BCUT2D eigenvalue weighted by Crippen LogP contribution is -2.24. The first-order valence-electron chi connectivity index (χ1n) is 5.66. The Bertz CT molecular complexity index is 582. The summed E-state index contributed by atoms with van der Waals surface area (Å²) in [7, 11) is 0. The molecule has 2 heterocycles. The molecule has 0 unspecified atom stereocenters. The summed E-state index contributed by atoms with van der Waals surface area (Å²) in [4.78, 5) is 12.1. The molecule has 0 aliphatic rings. The van der Waals surface area contributed by atoms with Crippen molar-refractivity contribution in [3.8, 4) is 0 Å². The fourth-order valence-electron chi connectivity index (χ4n) is 1.73. The fourth-order valence-corrected chi connectivity index (χ4v) is 2.50. The Hall–Kier alpha value is -1.39. The van der Waals surface area contributed by atoms with E-state index < -0.39 is 0 Å². The zero-order valence-corrected chi connectivity index (χ0v) is 10.7. The van der Waals surface area contributed by atoms with E-state index >= 15 is 0 Å². The van der Waals surface area contributed by atoms with Crippen LogP contribution in [0.25, 0.3) is 10.1 Å². The van der Waals surface area contributed by atoms with Crippen LogP contribution in [0.3, 0.4) is 0 Å². The average Bonchev–Trinajstić information content (AvgIpc) is 2.79. The summed E-state index contributed by atoms with van der Waals surface area (Å²) >= 11 is 1.59. The van der Waals surface area contributed by atoms with E-state index in [1.807, 2.05) is 23.7 Å². The van der Waals surface area contributed by atoms with Crippen LogP contribution in [0.2, 0.25) is 0 Å². The summed E-state index contributed by atoms with van der Waals surface area (Å²) in [6.45, 7) is 8.28. The van der Waals surface area contributed by atoms with Crippen molar-refractivity contribution in [2.75, 3.05) is 13.1 Å². The van der Waals surface area contributed by atoms with E-state index in [0.717, 1.165) is 28.7 Å². The third-order valence-corrected chi connectivity index (χ3v) is 3.49. The Morgan fingerprint density at radius 3 is 3.12 bits per heavy atom. The van der Waals surface area contributed by atoms with Crippen LogP contribution >= 0.6 is 11.3 Å². The lowest BCUT2D eigenvalue weighted by Gasteiger charge is -2.09. The number of aromatic nitrogens is 1. The van der Waals surface area contributed by atoms with Crippen LogP contribution in [0, 0.1) is 0 Å². The van der Waals surface area contributed by atoms with Crippen LogP contribution in [0.4, 0.5) is 0 Å². The van der Waals surface area contributed by atoms with Gasteiger partial charge < -0.3 is 9.88 Å². The largest absolute Gasteiger partial charge is 0.313 e. The molecule has 90 valence electrons. The zero-order chi connectivity index (χ0) is 12.3. The monoisotopic (exact) mass is 248 g/mol. The van der Waals surface area contributed by atoms with Crippen LogP contribution in [-0.2, 0) is 6.54 Å². The van der Waals surface area contributed by atoms with Gasteiger partial charge in [-0.2, -0.15) is 0 Å². The Balaban J connectivity index is 2.21. The molecule has 0 saturated carbocycles. The van der Waals surface area contributed by atoms with Gasteiger partial charge in [-0.15, -0.1) is 11.3 Å². The summed E-state index contributed by atoms with van der Waals surface area (Å²) in [5, 5.41) is 5.96. The molecule has 2 aromatic heterocycles. The molecule has 0 fully saturated rings. The number of rotatable bonds is 5. The van der Waals surface area contributed by atoms with Crippen LogP contribution in [0.1, 0.15) is 6.92 Å². The van der Waals surface area contributed by atoms with Crippen LogP contribution in [0.5, 0.6) is 0 Å². The normalized spacial score (nSPS) is 10.9. The molecule has 3 nitrogen and oxygen atoms in total. The molecule has 1 N–H and O–H groups in total. The lowest BCUT2D eigenvalue weighted by molar-refractivity contribution is 0.692. The Morgan fingerprint density at radius 1 is 1.53 bits per heavy atom. The highest BCUT2D eigenvalue weighted by molar-refractivity contribution is 7.17. The molecule has 0 atom stereocenters. The molecule has 2 rings (SSSR count).